The number of anilines is 1. The first-order valence-electron chi connectivity index (χ1n) is 8.50. The van der Waals surface area contributed by atoms with Gasteiger partial charge in [0, 0.05) is 25.3 Å². The van der Waals surface area contributed by atoms with Gasteiger partial charge in [-0.2, -0.15) is 0 Å². The van der Waals surface area contributed by atoms with Gasteiger partial charge in [0.15, 0.2) is 0 Å². The van der Waals surface area contributed by atoms with E-state index in [1.54, 1.807) is 0 Å². The maximum Gasteiger partial charge on any atom is 0.253 e. The van der Waals surface area contributed by atoms with Crippen LogP contribution in [0.25, 0.3) is 0 Å². The molecule has 0 spiro atoms. The van der Waals surface area contributed by atoms with E-state index < -0.39 is 0 Å². The molecule has 1 fully saturated rings. The summed E-state index contributed by atoms with van der Waals surface area (Å²) < 4.78 is 0. The van der Waals surface area contributed by atoms with E-state index in [0.717, 1.165) is 41.0 Å². The van der Waals surface area contributed by atoms with Crippen molar-refractivity contribution in [2.24, 2.45) is 0 Å². The van der Waals surface area contributed by atoms with Crippen molar-refractivity contribution in [1.29, 1.82) is 0 Å². The van der Waals surface area contributed by atoms with Gasteiger partial charge in [-0.25, -0.2) is 0 Å². The Kier molecular flexibility index (Phi) is 5.16. The van der Waals surface area contributed by atoms with Gasteiger partial charge >= 0.3 is 0 Å². The maximum atomic E-state index is 12.7. The smallest absolute Gasteiger partial charge is 0.253 e. The Morgan fingerprint density at radius 2 is 1.83 bits per heavy atom. The molecule has 1 heterocycles. The van der Waals surface area contributed by atoms with E-state index in [2.05, 4.69) is 22.3 Å². The summed E-state index contributed by atoms with van der Waals surface area (Å²) in [5.41, 5.74) is 4.63. The first kappa shape index (κ1) is 16.5. The SMILES string of the molecule is Cc1ccc(N2CCCC2)c(C(=O)NCc2ccccc2CO)c1. The van der Waals surface area contributed by atoms with Gasteiger partial charge in [-0.1, -0.05) is 35.9 Å². The molecule has 1 aliphatic rings. The lowest BCUT2D eigenvalue weighted by atomic mass is 10.1. The molecule has 126 valence electrons. The average Bonchev–Trinajstić information content (AvgIpc) is 3.14. The summed E-state index contributed by atoms with van der Waals surface area (Å²) in [6.45, 7) is 4.43. The predicted molar refractivity (Wildman–Crippen MR) is 96.2 cm³/mol. The molecule has 0 aromatic heterocycles. The molecule has 2 N–H and O–H groups in total. The summed E-state index contributed by atoms with van der Waals surface area (Å²) in [5, 5.41) is 12.4. The third kappa shape index (κ3) is 3.60. The number of carbonyl (C=O) groups is 1. The summed E-state index contributed by atoms with van der Waals surface area (Å²) in [6, 6.07) is 13.7. The van der Waals surface area contributed by atoms with Crippen LogP contribution >= 0.6 is 0 Å². The van der Waals surface area contributed by atoms with Crippen molar-refractivity contribution < 1.29 is 9.90 Å². The molecule has 0 atom stereocenters. The van der Waals surface area contributed by atoms with E-state index in [1.807, 2.05) is 37.3 Å². The van der Waals surface area contributed by atoms with E-state index in [9.17, 15) is 9.90 Å². The Morgan fingerprint density at radius 1 is 1.12 bits per heavy atom. The molecule has 1 amide bonds. The molecule has 0 saturated carbocycles. The zero-order valence-corrected chi connectivity index (χ0v) is 14.1. The highest BCUT2D eigenvalue weighted by atomic mass is 16.3. The van der Waals surface area contributed by atoms with E-state index in [4.69, 9.17) is 0 Å². The highest BCUT2D eigenvalue weighted by Crippen LogP contribution is 2.25. The molecule has 4 heteroatoms. The number of aliphatic hydroxyl groups is 1. The fourth-order valence-corrected chi connectivity index (χ4v) is 3.22. The Labute approximate surface area is 143 Å². The topological polar surface area (TPSA) is 52.6 Å². The largest absolute Gasteiger partial charge is 0.392 e. The molecule has 0 aliphatic carbocycles. The minimum atomic E-state index is -0.0617. The lowest BCUT2D eigenvalue weighted by Gasteiger charge is -2.21. The van der Waals surface area contributed by atoms with Gasteiger partial charge in [0.1, 0.15) is 0 Å². The van der Waals surface area contributed by atoms with Crippen molar-refractivity contribution in [2.75, 3.05) is 18.0 Å². The van der Waals surface area contributed by atoms with Crippen LogP contribution in [-0.2, 0) is 13.2 Å². The Balaban J connectivity index is 1.78. The maximum absolute atomic E-state index is 12.7. The first-order valence-corrected chi connectivity index (χ1v) is 8.50. The molecular formula is C20H24N2O2. The van der Waals surface area contributed by atoms with Crippen molar-refractivity contribution in [1.82, 2.24) is 5.32 Å². The number of carbonyl (C=O) groups excluding carboxylic acids is 1. The molecule has 0 bridgehead atoms. The van der Waals surface area contributed by atoms with Gasteiger partial charge in [0.25, 0.3) is 5.91 Å². The molecule has 0 radical (unpaired) electrons. The van der Waals surface area contributed by atoms with Gasteiger partial charge in [-0.15, -0.1) is 0 Å². The molecule has 2 aromatic carbocycles. The first-order chi connectivity index (χ1) is 11.7. The summed E-state index contributed by atoms with van der Waals surface area (Å²) in [7, 11) is 0. The molecule has 4 nitrogen and oxygen atoms in total. The summed E-state index contributed by atoms with van der Waals surface area (Å²) in [4.78, 5) is 15.0. The van der Waals surface area contributed by atoms with Crippen molar-refractivity contribution in [3.05, 3.63) is 64.7 Å². The number of nitrogens with zero attached hydrogens (tertiary/aromatic N) is 1. The number of hydrogen-bond donors (Lipinski definition) is 2. The van der Waals surface area contributed by atoms with Crippen molar-refractivity contribution in [2.45, 2.75) is 32.9 Å². The molecular weight excluding hydrogens is 300 g/mol. The van der Waals surface area contributed by atoms with Crippen LogP contribution in [0.2, 0.25) is 0 Å². The Morgan fingerprint density at radius 3 is 2.54 bits per heavy atom. The van der Waals surface area contributed by atoms with Crippen molar-refractivity contribution >= 4 is 11.6 Å². The normalized spacial score (nSPS) is 14.0. The zero-order valence-electron chi connectivity index (χ0n) is 14.1. The standard InChI is InChI=1S/C20H24N2O2/c1-15-8-9-19(22-10-4-5-11-22)18(12-15)20(24)21-13-16-6-2-3-7-17(16)14-23/h2-3,6-9,12,23H,4-5,10-11,13-14H2,1H3,(H,21,24). The minimum absolute atomic E-state index is 0.0183. The van der Waals surface area contributed by atoms with E-state index in [0.29, 0.717) is 6.54 Å². The minimum Gasteiger partial charge on any atom is -0.392 e. The second kappa shape index (κ2) is 7.49. The molecule has 0 unspecified atom stereocenters. The fourth-order valence-electron chi connectivity index (χ4n) is 3.22. The van der Waals surface area contributed by atoms with E-state index in [1.165, 1.54) is 12.8 Å². The Hall–Kier alpha value is -2.33. The van der Waals surface area contributed by atoms with Crippen LogP contribution in [0.15, 0.2) is 42.5 Å². The van der Waals surface area contributed by atoms with Crippen LogP contribution in [-0.4, -0.2) is 24.1 Å². The molecule has 3 rings (SSSR count). The monoisotopic (exact) mass is 324 g/mol. The number of benzene rings is 2. The van der Waals surface area contributed by atoms with Crippen LogP contribution in [0.1, 0.15) is 39.9 Å². The van der Waals surface area contributed by atoms with Gasteiger partial charge in [-0.3, -0.25) is 4.79 Å². The highest BCUT2D eigenvalue weighted by Gasteiger charge is 2.19. The fraction of sp³-hybridized carbons (Fsp3) is 0.350. The van der Waals surface area contributed by atoms with E-state index in [-0.39, 0.29) is 12.5 Å². The van der Waals surface area contributed by atoms with Gasteiger partial charge < -0.3 is 15.3 Å². The van der Waals surface area contributed by atoms with Gasteiger partial charge in [0.2, 0.25) is 0 Å². The van der Waals surface area contributed by atoms with Crippen LogP contribution in [0.5, 0.6) is 0 Å². The van der Waals surface area contributed by atoms with Crippen LogP contribution < -0.4 is 10.2 Å². The quantitative estimate of drug-likeness (QED) is 0.889. The van der Waals surface area contributed by atoms with Crippen molar-refractivity contribution in [3.8, 4) is 0 Å². The van der Waals surface area contributed by atoms with E-state index >= 15 is 0 Å². The number of rotatable bonds is 5. The van der Waals surface area contributed by atoms with Crippen LogP contribution in [0, 0.1) is 6.92 Å². The van der Waals surface area contributed by atoms with Gasteiger partial charge in [-0.05, 0) is 43.0 Å². The number of amides is 1. The lowest BCUT2D eigenvalue weighted by Crippen LogP contribution is -2.27. The number of nitrogens with one attached hydrogen (secondary N) is 1. The molecule has 24 heavy (non-hydrogen) atoms. The highest BCUT2D eigenvalue weighted by molar-refractivity contribution is 6.00. The number of aryl methyl sites for hydroxylation is 1. The number of hydrogen-bond acceptors (Lipinski definition) is 3. The van der Waals surface area contributed by atoms with Crippen LogP contribution in [0.4, 0.5) is 5.69 Å². The predicted octanol–water partition coefficient (Wildman–Crippen LogP) is 3.02. The lowest BCUT2D eigenvalue weighted by molar-refractivity contribution is 0.0951. The third-order valence-electron chi connectivity index (χ3n) is 4.57. The van der Waals surface area contributed by atoms with Crippen molar-refractivity contribution in [3.63, 3.8) is 0 Å². The molecule has 2 aromatic rings. The average molecular weight is 324 g/mol. The summed E-state index contributed by atoms with van der Waals surface area (Å²) in [6.07, 6.45) is 2.36. The van der Waals surface area contributed by atoms with Crippen LogP contribution in [0.3, 0.4) is 0 Å². The molecule has 1 saturated heterocycles. The second-order valence-electron chi connectivity index (χ2n) is 6.32. The number of aliphatic hydroxyl groups excluding tert-OH is 1. The van der Waals surface area contributed by atoms with Gasteiger partial charge in [0.05, 0.1) is 12.2 Å². The summed E-state index contributed by atoms with van der Waals surface area (Å²) >= 11 is 0. The summed E-state index contributed by atoms with van der Waals surface area (Å²) in [5.74, 6) is -0.0617. The second-order valence-corrected chi connectivity index (χ2v) is 6.32. The third-order valence-corrected chi connectivity index (χ3v) is 4.57. The Bertz CT molecular complexity index is 721. The molecule has 1 aliphatic heterocycles. The zero-order chi connectivity index (χ0) is 16.9.